The van der Waals surface area contributed by atoms with Crippen molar-refractivity contribution in [2.24, 2.45) is 16.8 Å². The zero-order chi connectivity index (χ0) is 87.4. The molecule has 123 heavy (non-hydrogen) atoms. The Morgan fingerprint density at radius 1 is 0.577 bits per heavy atom. The Morgan fingerprint density at radius 3 is 1.33 bits per heavy atom. The van der Waals surface area contributed by atoms with E-state index in [1.807, 2.05) is 83.1 Å². The monoisotopic (exact) mass is 2060 g/mol. The summed E-state index contributed by atoms with van der Waals surface area (Å²) in [4.78, 5) is 86.9. The number of amidine groups is 1. The first kappa shape index (κ1) is 111. The Morgan fingerprint density at radius 2 is 0.951 bits per heavy atom. The van der Waals surface area contributed by atoms with Gasteiger partial charge in [-0.25, -0.2) is 46.0 Å². The van der Waals surface area contributed by atoms with Gasteiger partial charge in [0.25, 0.3) is 11.8 Å². The van der Waals surface area contributed by atoms with E-state index >= 15 is 0 Å². The number of benzene rings is 3. The number of nitrogen functional groups attached to an aromatic ring is 2. The Kier molecular flexibility index (Phi) is 48.1. The van der Waals surface area contributed by atoms with Crippen LogP contribution in [0.5, 0.6) is 0 Å². The molecule has 0 bridgehead atoms. The van der Waals surface area contributed by atoms with Gasteiger partial charge in [0.1, 0.15) is 16.6 Å². The minimum atomic E-state index is -2.04. The molecular weight excluding hydrogens is 1940 g/mol. The van der Waals surface area contributed by atoms with Gasteiger partial charge in [0.05, 0.1) is 147 Å². The van der Waals surface area contributed by atoms with Crippen molar-refractivity contribution in [2.75, 3.05) is 77.5 Å². The van der Waals surface area contributed by atoms with E-state index in [9.17, 15) is 28.0 Å². The van der Waals surface area contributed by atoms with Crippen LogP contribution in [0.25, 0.3) is 0 Å². The number of aliphatic hydroxyl groups is 1. The van der Waals surface area contributed by atoms with E-state index < -0.39 is 66.2 Å². The van der Waals surface area contributed by atoms with Crippen molar-refractivity contribution in [1.29, 1.82) is 0 Å². The zero-order valence-corrected chi connectivity index (χ0v) is 80.7. The van der Waals surface area contributed by atoms with E-state index in [-0.39, 0.29) is 123 Å². The molecule has 41 heteroatoms. The first-order valence-electron chi connectivity index (χ1n) is 39.3. The van der Waals surface area contributed by atoms with Gasteiger partial charge in [-0.3, -0.25) is 24.3 Å². The summed E-state index contributed by atoms with van der Waals surface area (Å²) in [7, 11) is 0. The zero-order valence-electron chi connectivity index (χ0n) is 71.3. The minimum Gasteiger partial charge on any atom is -0.396 e. The molecular formula is C82H122B2Br2F2HgN12O21S. The summed E-state index contributed by atoms with van der Waals surface area (Å²) in [5, 5.41) is 12.7. The number of carbonyl (C=O) groups excluding carboxylic acids is 4. The van der Waals surface area contributed by atoms with Crippen molar-refractivity contribution in [3.63, 3.8) is 0 Å². The number of ether oxygens (including phenoxy) is 10. The number of amides is 2. The van der Waals surface area contributed by atoms with Crippen LogP contribution >= 0.6 is 44.1 Å². The minimum absolute atomic E-state index is 0. The van der Waals surface area contributed by atoms with Gasteiger partial charge in [-0.1, -0.05) is 83.2 Å². The number of hydrogen-bond donors (Lipinski definition) is 7. The van der Waals surface area contributed by atoms with Crippen molar-refractivity contribution < 1.29 is 131 Å². The van der Waals surface area contributed by atoms with Gasteiger partial charge in [0.2, 0.25) is 11.9 Å². The van der Waals surface area contributed by atoms with E-state index in [0.29, 0.717) is 103 Å². The number of thiocarbonyl (C=S) groups is 1. The van der Waals surface area contributed by atoms with Gasteiger partial charge < -0.3 is 78.9 Å². The summed E-state index contributed by atoms with van der Waals surface area (Å²) in [6, 6.07) is 15.5. The van der Waals surface area contributed by atoms with E-state index in [1.54, 1.807) is 36.4 Å². The second kappa shape index (κ2) is 53.1. The van der Waals surface area contributed by atoms with E-state index in [4.69, 9.17) is 103 Å². The van der Waals surface area contributed by atoms with Crippen LogP contribution in [0.2, 0.25) is 0 Å². The molecule has 11 N–H and O–H groups in total. The van der Waals surface area contributed by atoms with Gasteiger partial charge in [-0.05, 0) is 195 Å². The molecule has 0 aliphatic carbocycles. The van der Waals surface area contributed by atoms with Gasteiger partial charge in [0.15, 0.2) is 34.8 Å². The van der Waals surface area contributed by atoms with Crippen molar-refractivity contribution >= 4 is 107 Å². The first-order chi connectivity index (χ1) is 56.2. The van der Waals surface area contributed by atoms with E-state index in [1.165, 1.54) is 38.1 Å². The summed E-state index contributed by atoms with van der Waals surface area (Å²) in [5.41, 5.74) is 21.9. The maximum absolute atomic E-state index is 13.6. The van der Waals surface area contributed by atoms with Gasteiger partial charge in [-0.15, -0.1) is 5.06 Å². The third-order valence-electron chi connectivity index (χ3n) is 18.6. The molecule has 5 aromatic rings. The number of nitrogens with two attached hydrogens (primary N) is 4. The smallest absolute Gasteiger partial charge is 0.285 e. The molecule has 2 aromatic heterocycles. The van der Waals surface area contributed by atoms with Gasteiger partial charge >= 0.3 is 66.2 Å². The number of rotatable bonds is 25. The third kappa shape index (κ3) is 37.4. The fourth-order valence-corrected chi connectivity index (χ4v) is 16.4. The average Bonchev–Trinajstić information content (AvgIpc) is 1.48. The van der Waals surface area contributed by atoms with Crippen LogP contribution in [0.1, 0.15) is 240 Å². The molecule has 5 fully saturated rings. The fraction of sp³-hybridized carbons (Fsp3) is 0.610. The van der Waals surface area contributed by atoms with Crippen molar-refractivity contribution in [2.45, 2.75) is 260 Å². The molecule has 2 amide bonds. The van der Waals surface area contributed by atoms with Crippen molar-refractivity contribution in [3.05, 3.63) is 137 Å². The van der Waals surface area contributed by atoms with E-state index in [0.717, 1.165) is 108 Å². The maximum Gasteiger partial charge on any atom is 0.285 e. The van der Waals surface area contributed by atoms with E-state index in [2.05, 4.69) is 77.6 Å². The number of halogens is 4. The van der Waals surface area contributed by atoms with Crippen LogP contribution < -0.4 is 34.1 Å². The summed E-state index contributed by atoms with van der Waals surface area (Å²) >= 11 is 10.2. The fourth-order valence-electron chi connectivity index (χ4n) is 13.2. The van der Waals surface area contributed by atoms with Gasteiger partial charge in [-0.2, -0.15) is 0 Å². The largest absolute Gasteiger partial charge is 0.396 e. The predicted octanol–water partition coefficient (Wildman–Crippen LogP) is 11.8. The number of nitrogens with zero attached hydrogens (tertiary/aromatic N) is 6. The van der Waals surface area contributed by atoms with Crippen LogP contribution in [0.3, 0.4) is 0 Å². The van der Waals surface area contributed by atoms with Crippen LogP contribution in [0.15, 0.2) is 74.6 Å². The number of aryl methyl sites for hydroxylation is 2. The first-order valence-corrected chi connectivity index (χ1v) is 45.8. The molecule has 33 nitrogen and oxygen atoms in total. The molecule has 0 spiro atoms. The van der Waals surface area contributed by atoms with Crippen molar-refractivity contribution in [1.82, 2.24) is 35.8 Å². The molecule has 6 radical (unpaired) electrons. The Hall–Kier alpha value is -5.94. The number of aliphatic hydroxyl groups excluding tert-OH is 1. The normalized spacial score (nSPS) is 21.3. The molecule has 0 saturated carbocycles. The number of aliphatic imine (C=N–C) groups is 1. The van der Waals surface area contributed by atoms with Crippen LogP contribution in [0, 0.1) is 25.5 Å². The summed E-state index contributed by atoms with van der Waals surface area (Å²) < 4.78 is 92.5. The molecule has 5 saturated heterocycles. The molecule has 678 valence electrons. The quantitative estimate of drug-likeness (QED) is 0.00938. The number of fused-ring (bicyclic) bond motifs is 3. The second-order valence-corrected chi connectivity index (χ2v) is 36.1. The Labute approximate surface area is 760 Å². The Balaban J connectivity index is 0.000000385. The molecule has 8 aliphatic rings. The molecule has 7 atom stereocenters. The summed E-state index contributed by atoms with van der Waals surface area (Å²) in [6.45, 7) is 30.7. The van der Waals surface area contributed by atoms with Crippen LogP contribution in [0.4, 0.5) is 20.7 Å². The number of anilines is 2. The second-order valence-electron chi connectivity index (χ2n) is 30.8. The third-order valence-corrected chi connectivity index (χ3v) is 24.3. The number of nitrogens with one attached hydrogen (secondary N) is 2. The number of aromatic nitrogens is 4. The standard InChI is InChI=1S/C22H27BrFN5O3.C16H19NO5.C14H12BrFN4S.2C8H17NO3.C8H16O3.2C2H4O2.2CH4.2B.Hg/c1-12-19-18(28-21(25)26-12)10-17(15-7-6-13(24)9-16(15)23)27-20(19)29-31-8-4-5-14-11-30-22(2,3)32-14;1-16(2)20-10-11(22-16)6-5-9-21-17-14(18)12-7-3-4-8-13(12)15(17)19;1-6-12-11(20-14(17)18-6)5-10(19-13(12)21)8-3-2-7(16)4-9(8)15;2*1-8(2)10-6-7(12-8)4-3-5-11-9;1-8(2)10-6-7(11-8)4-3-5-9;2*1-2(3)4;;;;;/h6-7,9,14,17H,4-5,8,10-11H2,1-3H3,(H,27,29)(H2,25,26,28);3-4,7-8,11H,5-6,9-10H2,1-2H3;2-4,10H,5H2,1H3,(H,19,21)(H2,17,18,20);2*7H,3-6,9H2,1-2H3;7,9H,3-6H2,1-2H3;2*1H3,(H,3,4);2*1H4;;;/q;;;;;;;;;;;;+2/p-2/t14-,17+;11-;10-;3*7-;;;;;;;/m001000......./s1. The molecule has 3 aromatic carbocycles. The summed E-state index contributed by atoms with van der Waals surface area (Å²) in [5.74, 6) is 6.36. The van der Waals surface area contributed by atoms with Crippen LogP contribution in [-0.2, 0) is 120 Å². The summed E-state index contributed by atoms with van der Waals surface area (Å²) in [6.07, 6.45) is 10.3. The maximum atomic E-state index is 13.6. The number of hydrogen-bond acceptors (Lipinski definition) is 32. The molecule has 13 rings (SSSR count). The number of imide groups is 1. The van der Waals surface area contributed by atoms with Crippen LogP contribution in [-0.4, -0.2) is 207 Å². The Bertz CT molecular complexity index is 4140. The molecule has 0 unspecified atom stereocenters. The average molecular weight is 2060 g/mol. The number of carbonyl (C=O) groups is 4. The van der Waals surface area contributed by atoms with Gasteiger partial charge in [0, 0.05) is 45.2 Å². The molecule has 8 aliphatic heterocycles. The predicted molar refractivity (Wildman–Crippen MR) is 463 cm³/mol. The topological polar surface area (TPSA) is 431 Å². The van der Waals surface area contributed by atoms with Crippen molar-refractivity contribution in [3.8, 4) is 0 Å². The number of hydroxylamine groups is 3. The SMILES string of the molecule is C.C.CC(=O)[O][Hg][O]C(C)=O.CC1(C)OC[C@H](CCCO)O1.CC1(C)OC[C@H](CCCON)O1.CC1(C)OC[C@H](CCCON)O1.CC1(C)OC[C@H](CCCON2C(=O)c3ccccc3C2=O)O1.Cc1nc(N)nc2c1C(=S)N[C@@H](c1ccc(F)cc1Br)C2.Cc1nc(N)nc2c1C(NOCCC[C@H]1COC(C)(C)O1)=N[C@@H](c1ccc(F)cc1Br)C2.[B].[B]. The molecule has 10 heterocycles.